The van der Waals surface area contributed by atoms with Gasteiger partial charge in [-0.2, -0.15) is 5.10 Å². The lowest BCUT2D eigenvalue weighted by Gasteiger charge is -2.07. The minimum atomic E-state index is 0.166. The summed E-state index contributed by atoms with van der Waals surface area (Å²) in [5.41, 5.74) is 0.849. The second-order valence-electron chi connectivity index (χ2n) is 3.75. The van der Waals surface area contributed by atoms with Crippen LogP contribution in [0.15, 0.2) is 24.9 Å². The molecule has 0 aliphatic heterocycles. The number of carbonyl (C=O) groups excluding carboxylic acids is 1. The van der Waals surface area contributed by atoms with E-state index in [9.17, 15) is 4.79 Å². The van der Waals surface area contributed by atoms with Crippen LogP contribution in [0, 0.1) is 0 Å². The van der Waals surface area contributed by atoms with Crippen molar-refractivity contribution in [2.24, 2.45) is 0 Å². The molecule has 0 fully saturated rings. The van der Waals surface area contributed by atoms with E-state index in [1.54, 1.807) is 6.08 Å². The summed E-state index contributed by atoms with van der Waals surface area (Å²) in [6.07, 6.45) is 5.45. The molecule has 1 aromatic rings. The number of hydrogen-bond acceptors (Lipinski definition) is 2. The fraction of sp³-hybridized carbons (Fsp3) is 0.500. The van der Waals surface area contributed by atoms with Crippen molar-refractivity contribution in [2.45, 2.75) is 39.2 Å². The molecule has 1 unspecified atom stereocenters. The summed E-state index contributed by atoms with van der Waals surface area (Å²) in [4.78, 5) is 11.3. The molecular weight excluding hydrogens is 188 g/mol. The predicted molar refractivity (Wildman–Crippen MR) is 60.8 cm³/mol. The van der Waals surface area contributed by atoms with Crippen LogP contribution >= 0.6 is 0 Å². The van der Waals surface area contributed by atoms with Gasteiger partial charge in [0.1, 0.15) is 5.78 Å². The maximum Gasteiger partial charge on any atom is 0.142 e. The van der Waals surface area contributed by atoms with E-state index in [2.05, 4.69) is 25.5 Å². The number of rotatable bonds is 6. The van der Waals surface area contributed by atoms with Crippen LogP contribution in [-0.2, 0) is 11.2 Å². The number of hydrogen-bond donors (Lipinski definition) is 0. The maximum absolute atomic E-state index is 11.3. The largest absolute Gasteiger partial charge is 0.299 e. The second kappa shape index (κ2) is 5.49. The van der Waals surface area contributed by atoms with Crippen molar-refractivity contribution >= 4 is 5.78 Å². The molecule has 0 saturated heterocycles. The number of nitrogens with zero attached hydrogens (tertiary/aromatic N) is 2. The summed E-state index contributed by atoms with van der Waals surface area (Å²) in [5.74, 6) is 0.166. The van der Waals surface area contributed by atoms with E-state index in [-0.39, 0.29) is 5.78 Å². The van der Waals surface area contributed by atoms with Gasteiger partial charge < -0.3 is 0 Å². The van der Waals surface area contributed by atoms with Gasteiger partial charge in [-0.3, -0.25) is 9.48 Å². The quantitative estimate of drug-likeness (QED) is 0.670. The van der Waals surface area contributed by atoms with E-state index in [0.29, 0.717) is 18.9 Å². The van der Waals surface area contributed by atoms with Gasteiger partial charge in [-0.05, 0) is 19.4 Å². The van der Waals surface area contributed by atoms with Crippen LogP contribution in [0.4, 0.5) is 0 Å². The lowest BCUT2D eigenvalue weighted by molar-refractivity contribution is -0.117. The molecule has 0 amide bonds. The minimum Gasteiger partial charge on any atom is -0.299 e. The van der Waals surface area contributed by atoms with Gasteiger partial charge in [0, 0.05) is 18.7 Å². The first-order valence-corrected chi connectivity index (χ1v) is 5.34. The molecule has 1 aromatic heterocycles. The molecule has 1 rings (SSSR count). The van der Waals surface area contributed by atoms with Crippen molar-refractivity contribution in [1.29, 1.82) is 0 Å². The SMILES string of the molecule is C=CCC(=O)Cc1ccn(C(C)CC)n1. The van der Waals surface area contributed by atoms with Gasteiger partial charge in [-0.1, -0.05) is 13.0 Å². The van der Waals surface area contributed by atoms with Gasteiger partial charge in [0.15, 0.2) is 0 Å². The fourth-order valence-corrected chi connectivity index (χ4v) is 1.34. The maximum atomic E-state index is 11.3. The second-order valence-corrected chi connectivity index (χ2v) is 3.75. The molecule has 15 heavy (non-hydrogen) atoms. The van der Waals surface area contributed by atoms with Crippen LogP contribution in [0.1, 0.15) is 38.4 Å². The first-order chi connectivity index (χ1) is 7.17. The Balaban J connectivity index is 2.60. The highest BCUT2D eigenvalue weighted by molar-refractivity contribution is 5.81. The molecule has 3 nitrogen and oxygen atoms in total. The summed E-state index contributed by atoms with van der Waals surface area (Å²) in [6, 6.07) is 2.31. The highest BCUT2D eigenvalue weighted by atomic mass is 16.1. The van der Waals surface area contributed by atoms with E-state index >= 15 is 0 Å². The summed E-state index contributed by atoms with van der Waals surface area (Å²) in [7, 11) is 0. The van der Waals surface area contributed by atoms with Crippen molar-refractivity contribution in [3.63, 3.8) is 0 Å². The predicted octanol–water partition coefficient (Wildman–Crippen LogP) is 2.54. The van der Waals surface area contributed by atoms with Gasteiger partial charge in [-0.15, -0.1) is 6.58 Å². The Morgan fingerprint density at radius 1 is 1.73 bits per heavy atom. The number of carbonyl (C=O) groups is 1. The molecule has 0 aliphatic rings. The Morgan fingerprint density at radius 2 is 2.47 bits per heavy atom. The molecule has 0 radical (unpaired) electrons. The van der Waals surface area contributed by atoms with Gasteiger partial charge in [-0.25, -0.2) is 0 Å². The zero-order chi connectivity index (χ0) is 11.3. The zero-order valence-electron chi connectivity index (χ0n) is 9.44. The smallest absolute Gasteiger partial charge is 0.142 e. The van der Waals surface area contributed by atoms with E-state index in [1.807, 2.05) is 16.9 Å². The molecule has 0 aliphatic carbocycles. The highest BCUT2D eigenvalue weighted by Crippen LogP contribution is 2.09. The number of allylic oxidation sites excluding steroid dienone is 1. The summed E-state index contributed by atoms with van der Waals surface area (Å²) in [6.45, 7) is 7.78. The van der Waals surface area contributed by atoms with Crippen LogP contribution in [-0.4, -0.2) is 15.6 Å². The molecule has 0 saturated carbocycles. The third-order valence-electron chi connectivity index (χ3n) is 2.46. The molecule has 1 heterocycles. The van der Waals surface area contributed by atoms with E-state index in [0.717, 1.165) is 12.1 Å². The fourth-order valence-electron chi connectivity index (χ4n) is 1.34. The summed E-state index contributed by atoms with van der Waals surface area (Å²) < 4.78 is 1.91. The van der Waals surface area contributed by atoms with Gasteiger partial charge in [0.05, 0.1) is 12.1 Å². The lowest BCUT2D eigenvalue weighted by atomic mass is 10.2. The van der Waals surface area contributed by atoms with Crippen molar-refractivity contribution in [2.75, 3.05) is 0 Å². The zero-order valence-corrected chi connectivity index (χ0v) is 9.44. The Morgan fingerprint density at radius 3 is 3.07 bits per heavy atom. The molecule has 0 spiro atoms. The Hall–Kier alpha value is -1.38. The van der Waals surface area contributed by atoms with Crippen molar-refractivity contribution in [3.05, 3.63) is 30.6 Å². The van der Waals surface area contributed by atoms with Crippen LogP contribution in [0.3, 0.4) is 0 Å². The topological polar surface area (TPSA) is 34.9 Å². The van der Waals surface area contributed by atoms with Gasteiger partial charge in [0.2, 0.25) is 0 Å². The molecular formula is C12H18N2O. The van der Waals surface area contributed by atoms with E-state index < -0.39 is 0 Å². The monoisotopic (exact) mass is 206 g/mol. The Kier molecular flexibility index (Phi) is 4.28. The van der Waals surface area contributed by atoms with Crippen LogP contribution < -0.4 is 0 Å². The third kappa shape index (κ3) is 3.35. The third-order valence-corrected chi connectivity index (χ3v) is 2.46. The van der Waals surface area contributed by atoms with Crippen molar-refractivity contribution < 1.29 is 4.79 Å². The van der Waals surface area contributed by atoms with Crippen LogP contribution in [0.25, 0.3) is 0 Å². The average Bonchev–Trinajstić information content (AvgIpc) is 2.65. The van der Waals surface area contributed by atoms with E-state index in [4.69, 9.17) is 0 Å². The summed E-state index contributed by atoms with van der Waals surface area (Å²) >= 11 is 0. The van der Waals surface area contributed by atoms with E-state index in [1.165, 1.54) is 0 Å². The van der Waals surface area contributed by atoms with Crippen LogP contribution in [0.5, 0.6) is 0 Å². The standard InChI is InChI=1S/C12H18N2O/c1-4-6-12(15)9-11-7-8-14(13-11)10(3)5-2/h4,7-8,10H,1,5-6,9H2,2-3H3. The number of Topliss-reactive ketones (excluding diaryl/α,β-unsaturated/α-hetero) is 1. The number of aromatic nitrogens is 2. The Bertz CT molecular complexity index is 341. The minimum absolute atomic E-state index is 0.166. The Labute approximate surface area is 90.8 Å². The summed E-state index contributed by atoms with van der Waals surface area (Å²) in [5, 5.41) is 4.36. The average molecular weight is 206 g/mol. The van der Waals surface area contributed by atoms with Crippen molar-refractivity contribution in [1.82, 2.24) is 9.78 Å². The first kappa shape index (κ1) is 11.7. The highest BCUT2D eigenvalue weighted by Gasteiger charge is 2.07. The molecule has 0 bridgehead atoms. The van der Waals surface area contributed by atoms with Gasteiger partial charge >= 0.3 is 0 Å². The first-order valence-electron chi connectivity index (χ1n) is 5.34. The van der Waals surface area contributed by atoms with Gasteiger partial charge in [0.25, 0.3) is 0 Å². The number of ketones is 1. The molecule has 0 aromatic carbocycles. The lowest BCUT2D eigenvalue weighted by Crippen LogP contribution is -2.07. The molecule has 82 valence electrons. The van der Waals surface area contributed by atoms with Crippen molar-refractivity contribution in [3.8, 4) is 0 Å². The molecule has 3 heteroatoms. The molecule has 1 atom stereocenters. The molecule has 0 N–H and O–H groups in total. The van der Waals surface area contributed by atoms with Crippen LogP contribution in [0.2, 0.25) is 0 Å². The normalized spacial score (nSPS) is 12.4.